The van der Waals surface area contributed by atoms with Gasteiger partial charge < -0.3 is 9.64 Å². The molecule has 0 N–H and O–H groups in total. The summed E-state index contributed by atoms with van der Waals surface area (Å²) in [5.41, 5.74) is 4.16. The number of likely N-dealkylation sites (N-methyl/N-ethyl adjacent to an activating group) is 1. The van der Waals surface area contributed by atoms with Crippen LogP contribution in [0.2, 0.25) is 0 Å². The minimum atomic E-state index is 0.0181. The van der Waals surface area contributed by atoms with Crippen molar-refractivity contribution in [3.8, 4) is 11.3 Å². The van der Waals surface area contributed by atoms with Crippen LogP contribution in [0.5, 0.6) is 0 Å². The maximum atomic E-state index is 11.8. The van der Waals surface area contributed by atoms with E-state index in [0.717, 1.165) is 27.5 Å². The van der Waals surface area contributed by atoms with Gasteiger partial charge >= 0.3 is 0 Å². The van der Waals surface area contributed by atoms with Crippen LogP contribution < -0.4 is 4.90 Å². The first-order valence-corrected chi connectivity index (χ1v) is 8.31. The normalized spacial score (nSPS) is 15.3. The van der Waals surface area contributed by atoms with Crippen molar-refractivity contribution in [1.82, 2.24) is 4.98 Å². The second-order valence-electron chi connectivity index (χ2n) is 5.53. The van der Waals surface area contributed by atoms with Gasteiger partial charge in [-0.05, 0) is 38.5 Å². The average Bonchev–Trinajstić information content (AvgIpc) is 3.00. The second-order valence-corrected chi connectivity index (χ2v) is 6.76. The number of carbonyl (C=O) groups excluding carboxylic acids is 1. The molecular formula is C17H20N2O2S. The van der Waals surface area contributed by atoms with E-state index in [1.807, 2.05) is 33.0 Å². The predicted molar refractivity (Wildman–Crippen MR) is 89.4 cm³/mol. The van der Waals surface area contributed by atoms with E-state index in [4.69, 9.17) is 9.72 Å². The Bertz CT molecular complexity index is 723. The molecule has 116 valence electrons. The summed E-state index contributed by atoms with van der Waals surface area (Å²) in [6, 6.07) is 6.15. The average molecular weight is 316 g/mol. The number of rotatable bonds is 4. The fourth-order valence-electron chi connectivity index (χ4n) is 2.80. The van der Waals surface area contributed by atoms with Crippen molar-refractivity contribution in [2.24, 2.45) is 0 Å². The van der Waals surface area contributed by atoms with E-state index in [0.29, 0.717) is 13.0 Å². The number of hydrogen-bond acceptors (Lipinski definition) is 4. The van der Waals surface area contributed by atoms with Crippen LogP contribution in [0, 0.1) is 6.92 Å². The molecule has 4 nitrogen and oxygen atoms in total. The van der Waals surface area contributed by atoms with Gasteiger partial charge in [0.25, 0.3) is 0 Å². The van der Waals surface area contributed by atoms with Crippen LogP contribution in [0.4, 0.5) is 5.69 Å². The Balaban J connectivity index is 1.96. The molecule has 1 aromatic carbocycles. The first-order valence-electron chi connectivity index (χ1n) is 7.50. The molecule has 5 heteroatoms. The van der Waals surface area contributed by atoms with Gasteiger partial charge in [0.15, 0.2) is 0 Å². The van der Waals surface area contributed by atoms with Gasteiger partial charge in [-0.15, -0.1) is 11.3 Å². The molecule has 1 unspecified atom stereocenters. The van der Waals surface area contributed by atoms with E-state index in [1.165, 1.54) is 4.88 Å². The van der Waals surface area contributed by atoms with Crippen LogP contribution in [0.3, 0.4) is 0 Å². The quantitative estimate of drug-likeness (QED) is 0.863. The van der Waals surface area contributed by atoms with E-state index >= 15 is 0 Å². The summed E-state index contributed by atoms with van der Waals surface area (Å²) in [5.74, 6) is 0.146. The first-order chi connectivity index (χ1) is 10.5. The topological polar surface area (TPSA) is 42.4 Å². The van der Waals surface area contributed by atoms with Crippen molar-refractivity contribution in [2.45, 2.75) is 33.3 Å². The minimum absolute atomic E-state index is 0.0181. The van der Waals surface area contributed by atoms with Gasteiger partial charge in [0.05, 0.1) is 12.1 Å². The molecule has 0 bridgehead atoms. The molecule has 0 radical (unpaired) electrons. The Kier molecular flexibility index (Phi) is 4.02. The van der Waals surface area contributed by atoms with Gasteiger partial charge in [-0.1, -0.05) is 6.07 Å². The van der Waals surface area contributed by atoms with E-state index in [2.05, 4.69) is 13.0 Å². The Labute approximate surface area is 134 Å². The van der Waals surface area contributed by atoms with Crippen molar-refractivity contribution < 1.29 is 9.53 Å². The molecule has 1 aromatic heterocycles. The molecule has 0 saturated heterocycles. The molecule has 22 heavy (non-hydrogen) atoms. The van der Waals surface area contributed by atoms with Crippen molar-refractivity contribution in [3.63, 3.8) is 0 Å². The molecule has 1 aliphatic heterocycles. The number of aryl methyl sites for hydroxylation is 1. The molecule has 0 saturated carbocycles. The van der Waals surface area contributed by atoms with Crippen LogP contribution in [-0.4, -0.2) is 24.5 Å². The maximum absolute atomic E-state index is 11.8. The molecule has 0 aliphatic carbocycles. The van der Waals surface area contributed by atoms with E-state index in [-0.39, 0.29) is 12.0 Å². The highest BCUT2D eigenvalue weighted by Gasteiger charge is 2.25. The Morgan fingerprint density at radius 2 is 2.23 bits per heavy atom. The molecular weight excluding hydrogens is 296 g/mol. The molecule has 1 atom stereocenters. The van der Waals surface area contributed by atoms with Crippen LogP contribution >= 0.6 is 11.3 Å². The van der Waals surface area contributed by atoms with Crippen molar-refractivity contribution in [2.75, 3.05) is 18.6 Å². The number of amides is 1. The zero-order chi connectivity index (χ0) is 15.9. The zero-order valence-corrected chi connectivity index (χ0v) is 14.2. The minimum Gasteiger partial charge on any atom is -0.372 e. The van der Waals surface area contributed by atoms with E-state index in [9.17, 15) is 4.79 Å². The lowest BCUT2D eigenvalue weighted by atomic mass is 10.1. The third kappa shape index (κ3) is 2.55. The highest BCUT2D eigenvalue weighted by Crippen LogP contribution is 2.35. The standard InChI is InChI=1S/C17H20N2O2S/c1-5-21-10(2)17-18-16(11(3)22-17)12-6-7-14-13(8-12)9-15(20)19(14)4/h6-8,10H,5,9H2,1-4H3. The summed E-state index contributed by atoms with van der Waals surface area (Å²) in [5, 5.41) is 1.00. The highest BCUT2D eigenvalue weighted by molar-refractivity contribution is 7.12. The fraction of sp³-hybridized carbons (Fsp3) is 0.412. The Morgan fingerprint density at radius 3 is 2.95 bits per heavy atom. The SMILES string of the molecule is CCOC(C)c1nc(-c2ccc3c(c2)CC(=O)N3C)c(C)s1. The summed E-state index contributed by atoms with van der Waals surface area (Å²) in [4.78, 5) is 19.5. The molecule has 0 spiro atoms. The summed E-state index contributed by atoms with van der Waals surface area (Å²) >= 11 is 1.68. The number of aromatic nitrogens is 1. The monoisotopic (exact) mass is 316 g/mol. The number of hydrogen-bond donors (Lipinski definition) is 0. The van der Waals surface area contributed by atoms with Crippen LogP contribution in [-0.2, 0) is 16.0 Å². The number of carbonyl (C=O) groups is 1. The zero-order valence-electron chi connectivity index (χ0n) is 13.3. The summed E-state index contributed by atoms with van der Waals surface area (Å²) in [7, 11) is 1.82. The fourth-order valence-corrected chi connectivity index (χ4v) is 3.74. The Morgan fingerprint density at radius 1 is 1.45 bits per heavy atom. The maximum Gasteiger partial charge on any atom is 0.231 e. The van der Waals surface area contributed by atoms with Crippen molar-refractivity contribution in [1.29, 1.82) is 0 Å². The summed E-state index contributed by atoms with van der Waals surface area (Å²) in [6.07, 6.45) is 0.495. The van der Waals surface area contributed by atoms with Crippen molar-refractivity contribution >= 4 is 22.9 Å². The smallest absolute Gasteiger partial charge is 0.231 e. The lowest BCUT2D eigenvalue weighted by Crippen LogP contribution is -2.20. The van der Waals surface area contributed by atoms with Crippen LogP contribution in [0.25, 0.3) is 11.3 Å². The van der Waals surface area contributed by atoms with Gasteiger partial charge in [-0.2, -0.15) is 0 Å². The van der Waals surface area contributed by atoms with Gasteiger partial charge in [0, 0.05) is 29.8 Å². The lowest BCUT2D eigenvalue weighted by Gasteiger charge is -2.10. The number of nitrogens with zero attached hydrogens (tertiary/aromatic N) is 2. The van der Waals surface area contributed by atoms with Crippen LogP contribution in [0.15, 0.2) is 18.2 Å². The largest absolute Gasteiger partial charge is 0.372 e. The second kappa shape index (κ2) is 5.82. The summed E-state index contributed by atoms with van der Waals surface area (Å²) in [6.45, 7) is 6.79. The highest BCUT2D eigenvalue weighted by atomic mass is 32.1. The Hall–Kier alpha value is -1.72. The molecule has 1 aliphatic rings. The van der Waals surface area contributed by atoms with E-state index in [1.54, 1.807) is 16.2 Å². The third-order valence-electron chi connectivity index (χ3n) is 4.01. The number of benzene rings is 1. The molecule has 2 heterocycles. The lowest BCUT2D eigenvalue weighted by molar-refractivity contribution is -0.117. The summed E-state index contributed by atoms with van der Waals surface area (Å²) < 4.78 is 5.63. The molecule has 0 fully saturated rings. The molecule has 1 amide bonds. The number of thiazole rings is 1. The molecule has 3 rings (SSSR count). The predicted octanol–water partition coefficient (Wildman–Crippen LogP) is 3.73. The molecule has 2 aromatic rings. The first kappa shape index (κ1) is 15.2. The third-order valence-corrected chi connectivity index (χ3v) is 5.14. The van der Waals surface area contributed by atoms with E-state index < -0.39 is 0 Å². The number of ether oxygens (including phenoxy) is 1. The van der Waals surface area contributed by atoms with Gasteiger partial charge in [-0.25, -0.2) is 4.98 Å². The van der Waals surface area contributed by atoms with Crippen molar-refractivity contribution in [3.05, 3.63) is 33.6 Å². The number of anilines is 1. The van der Waals surface area contributed by atoms with Gasteiger partial charge in [-0.3, -0.25) is 4.79 Å². The van der Waals surface area contributed by atoms with Gasteiger partial charge in [0.1, 0.15) is 11.1 Å². The van der Waals surface area contributed by atoms with Crippen LogP contribution in [0.1, 0.15) is 35.4 Å². The number of fused-ring (bicyclic) bond motifs is 1. The van der Waals surface area contributed by atoms with Gasteiger partial charge in [0.2, 0.25) is 5.91 Å².